The molecule has 1 unspecified atom stereocenters. The Labute approximate surface area is 125 Å². The highest BCUT2D eigenvalue weighted by Gasteiger charge is 2.30. The van der Waals surface area contributed by atoms with E-state index < -0.39 is 0 Å². The highest BCUT2D eigenvalue weighted by molar-refractivity contribution is 5.97. The first-order valence-corrected chi connectivity index (χ1v) is 7.28. The lowest BCUT2D eigenvalue weighted by molar-refractivity contribution is 0.0647. The molecule has 1 heterocycles. The van der Waals surface area contributed by atoms with Crippen LogP contribution in [-0.4, -0.2) is 23.4 Å². The van der Waals surface area contributed by atoms with Gasteiger partial charge in [0.15, 0.2) is 0 Å². The van der Waals surface area contributed by atoms with Gasteiger partial charge in [0.2, 0.25) is 0 Å². The van der Waals surface area contributed by atoms with Crippen LogP contribution in [0.5, 0.6) is 5.75 Å². The average Bonchev–Trinajstić information content (AvgIpc) is 2.66. The minimum absolute atomic E-state index is 0.0408. The summed E-state index contributed by atoms with van der Waals surface area (Å²) in [5.41, 5.74) is 1.73. The molecular formula is C18H19NO2. The molecule has 3 rings (SSSR count). The van der Waals surface area contributed by atoms with Gasteiger partial charge < -0.3 is 9.64 Å². The third kappa shape index (κ3) is 2.64. The van der Waals surface area contributed by atoms with Gasteiger partial charge in [0.05, 0.1) is 12.1 Å². The van der Waals surface area contributed by atoms with E-state index in [2.05, 4.69) is 0 Å². The molecule has 2 aromatic carbocycles. The molecule has 0 bridgehead atoms. The Balaban J connectivity index is 2.04. The van der Waals surface area contributed by atoms with Crippen LogP contribution in [0.3, 0.4) is 0 Å². The van der Waals surface area contributed by atoms with Crippen molar-refractivity contribution in [3.05, 3.63) is 65.7 Å². The first-order chi connectivity index (χ1) is 10.2. The summed E-state index contributed by atoms with van der Waals surface area (Å²) in [6, 6.07) is 17.7. The van der Waals surface area contributed by atoms with Gasteiger partial charge in [0, 0.05) is 6.04 Å². The third-order valence-electron chi connectivity index (χ3n) is 3.80. The fourth-order valence-electron chi connectivity index (χ4n) is 2.64. The van der Waals surface area contributed by atoms with Crippen molar-refractivity contribution < 1.29 is 9.53 Å². The molecule has 0 saturated carbocycles. The fourth-order valence-corrected chi connectivity index (χ4v) is 2.64. The Morgan fingerprint density at radius 2 is 1.71 bits per heavy atom. The number of hydrogen-bond donors (Lipinski definition) is 0. The van der Waals surface area contributed by atoms with Crippen molar-refractivity contribution >= 4 is 5.91 Å². The van der Waals surface area contributed by atoms with Crippen LogP contribution >= 0.6 is 0 Å². The van der Waals surface area contributed by atoms with Crippen molar-refractivity contribution in [1.82, 2.24) is 4.90 Å². The molecule has 0 aliphatic carbocycles. The second kappa shape index (κ2) is 5.60. The molecule has 0 radical (unpaired) electrons. The minimum Gasteiger partial charge on any atom is -0.483 e. The molecule has 0 N–H and O–H groups in total. The Hall–Kier alpha value is -2.29. The molecule has 3 heteroatoms. The van der Waals surface area contributed by atoms with E-state index in [0.29, 0.717) is 17.9 Å². The smallest absolute Gasteiger partial charge is 0.257 e. The number of para-hydroxylation sites is 1. The lowest BCUT2D eigenvalue weighted by Crippen LogP contribution is -2.39. The molecule has 2 aromatic rings. The van der Waals surface area contributed by atoms with E-state index in [4.69, 9.17) is 4.74 Å². The van der Waals surface area contributed by atoms with E-state index >= 15 is 0 Å². The van der Waals surface area contributed by atoms with Gasteiger partial charge in [-0.25, -0.2) is 0 Å². The largest absolute Gasteiger partial charge is 0.483 e. The highest BCUT2D eigenvalue weighted by atomic mass is 16.5. The fraction of sp³-hybridized carbons (Fsp3) is 0.278. The highest BCUT2D eigenvalue weighted by Crippen LogP contribution is 2.31. The standard InChI is InChI=1S/C18H19NO2/c1-13(2)19-12-17(14-8-4-3-5-9-14)21-16-11-7-6-10-15(16)18(19)20/h3-11,13,17H,12H2,1-2H3. The lowest BCUT2D eigenvalue weighted by Gasteiger charge is -2.27. The number of hydrogen-bond acceptors (Lipinski definition) is 2. The molecule has 0 fully saturated rings. The van der Waals surface area contributed by atoms with Crippen molar-refractivity contribution in [3.63, 3.8) is 0 Å². The van der Waals surface area contributed by atoms with Crippen molar-refractivity contribution in [1.29, 1.82) is 0 Å². The number of nitrogens with zero attached hydrogens (tertiary/aromatic N) is 1. The summed E-state index contributed by atoms with van der Waals surface area (Å²) in [6.45, 7) is 4.64. The van der Waals surface area contributed by atoms with Crippen LogP contribution in [0.25, 0.3) is 0 Å². The SMILES string of the molecule is CC(C)N1CC(c2ccccc2)Oc2ccccc2C1=O. The zero-order valence-corrected chi connectivity index (χ0v) is 12.3. The summed E-state index contributed by atoms with van der Waals surface area (Å²) >= 11 is 0. The van der Waals surface area contributed by atoms with Crippen LogP contribution in [0.2, 0.25) is 0 Å². The number of fused-ring (bicyclic) bond motifs is 1. The summed E-state index contributed by atoms with van der Waals surface area (Å²) in [5.74, 6) is 0.707. The van der Waals surface area contributed by atoms with Gasteiger partial charge in [0.25, 0.3) is 5.91 Å². The summed E-state index contributed by atoms with van der Waals surface area (Å²) in [4.78, 5) is 14.6. The molecule has 0 aromatic heterocycles. The second-order valence-electron chi connectivity index (χ2n) is 5.56. The number of rotatable bonds is 2. The molecular weight excluding hydrogens is 262 g/mol. The Kier molecular flexibility index (Phi) is 3.65. The maximum atomic E-state index is 12.7. The third-order valence-corrected chi connectivity index (χ3v) is 3.80. The van der Waals surface area contributed by atoms with E-state index in [-0.39, 0.29) is 18.1 Å². The van der Waals surface area contributed by atoms with Crippen molar-refractivity contribution in [3.8, 4) is 5.75 Å². The molecule has 1 atom stereocenters. The topological polar surface area (TPSA) is 29.5 Å². The van der Waals surface area contributed by atoms with Gasteiger partial charge in [0.1, 0.15) is 11.9 Å². The Morgan fingerprint density at radius 3 is 2.43 bits per heavy atom. The van der Waals surface area contributed by atoms with Crippen LogP contribution in [0.4, 0.5) is 0 Å². The van der Waals surface area contributed by atoms with Gasteiger partial charge in [-0.3, -0.25) is 4.79 Å². The Bertz CT molecular complexity index is 637. The maximum Gasteiger partial charge on any atom is 0.257 e. The van der Waals surface area contributed by atoms with Gasteiger partial charge in [-0.15, -0.1) is 0 Å². The van der Waals surface area contributed by atoms with Crippen molar-refractivity contribution in [2.24, 2.45) is 0 Å². The molecule has 1 aliphatic heterocycles. The predicted octanol–water partition coefficient (Wildman–Crippen LogP) is 3.67. The molecule has 0 saturated heterocycles. The zero-order valence-electron chi connectivity index (χ0n) is 12.3. The van der Waals surface area contributed by atoms with Crippen molar-refractivity contribution in [2.45, 2.75) is 26.0 Å². The molecule has 3 nitrogen and oxygen atoms in total. The maximum absolute atomic E-state index is 12.7. The zero-order chi connectivity index (χ0) is 14.8. The molecule has 21 heavy (non-hydrogen) atoms. The normalized spacial score (nSPS) is 18.1. The second-order valence-corrected chi connectivity index (χ2v) is 5.56. The number of benzene rings is 2. The predicted molar refractivity (Wildman–Crippen MR) is 82.4 cm³/mol. The van der Waals surface area contributed by atoms with Crippen LogP contribution in [0, 0.1) is 0 Å². The average molecular weight is 281 g/mol. The monoisotopic (exact) mass is 281 g/mol. The van der Waals surface area contributed by atoms with Gasteiger partial charge in [-0.2, -0.15) is 0 Å². The van der Waals surface area contributed by atoms with Crippen LogP contribution in [0.1, 0.15) is 35.9 Å². The minimum atomic E-state index is -0.138. The molecule has 0 spiro atoms. The quantitative estimate of drug-likeness (QED) is 0.840. The van der Waals surface area contributed by atoms with Crippen LogP contribution in [0.15, 0.2) is 54.6 Å². The molecule has 1 amide bonds. The van der Waals surface area contributed by atoms with E-state index in [0.717, 1.165) is 5.56 Å². The van der Waals surface area contributed by atoms with Crippen LogP contribution in [-0.2, 0) is 0 Å². The summed E-state index contributed by atoms with van der Waals surface area (Å²) in [5, 5.41) is 0. The van der Waals surface area contributed by atoms with E-state index in [1.807, 2.05) is 73.3 Å². The van der Waals surface area contributed by atoms with E-state index in [9.17, 15) is 4.79 Å². The molecule has 108 valence electrons. The number of carbonyl (C=O) groups excluding carboxylic acids is 1. The van der Waals surface area contributed by atoms with Crippen molar-refractivity contribution in [2.75, 3.05) is 6.54 Å². The van der Waals surface area contributed by atoms with Gasteiger partial charge >= 0.3 is 0 Å². The first-order valence-electron chi connectivity index (χ1n) is 7.28. The van der Waals surface area contributed by atoms with Crippen LogP contribution < -0.4 is 4.74 Å². The van der Waals surface area contributed by atoms with E-state index in [1.54, 1.807) is 0 Å². The Morgan fingerprint density at radius 1 is 1.05 bits per heavy atom. The number of amides is 1. The van der Waals surface area contributed by atoms with Gasteiger partial charge in [-0.05, 0) is 31.5 Å². The van der Waals surface area contributed by atoms with Gasteiger partial charge in [-0.1, -0.05) is 42.5 Å². The number of ether oxygens (including phenoxy) is 1. The summed E-state index contributed by atoms with van der Waals surface area (Å²) in [6.07, 6.45) is -0.138. The lowest BCUT2D eigenvalue weighted by atomic mass is 10.1. The number of carbonyl (C=O) groups is 1. The summed E-state index contributed by atoms with van der Waals surface area (Å²) in [7, 11) is 0. The molecule has 1 aliphatic rings. The summed E-state index contributed by atoms with van der Waals surface area (Å²) < 4.78 is 6.13. The van der Waals surface area contributed by atoms with E-state index in [1.165, 1.54) is 0 Å². The first kappa shape index (κ1) is 13.7.